The molecule has 0 aromatic heterocycles. The molecule has 5 nitrogen and oxygen atoms in total. The van der Waals surface area contributed by atoms with Gasteiger partial charge in [0.15, 0.2) is 0 Å². The van der Waals surface area contributed by atoms with Crippen LogP contribution in [0.1, 0.15) is 50.6 Å². The molecule has 1 amide bonds. The Balaban J connectivity index is 2.08. The second-order valence-corrected chi connectivity index (χ2v) is 7.78. The molecular formula is C16H24N2O3S. The van der Waals surface area contributed by atoms with Crippen molar-refractivity contribution in [2.75, 3.05) is 11.0 Å². The smallest absolute Gasteiger partial charge is 0.229 e. The van der Waals surface area contributed by atoms with Gasteiger partial charge in [-0.05, 0) is 31.4 Å². The minimum atomic E-state index is -3.34. The van der Waals surface area contributed by atoms with Crippen LogP contribution in [0.4, 0.5) is 5.69 Å². The summed E-state index contributed by atoms with van der Waals surface area (Å²) in [4.78, 5) is 12.3. The summed E-state index contributed by atoms with van der Waals surface area (Å²) in [5.74, 6) is 0.160. The van der Waals surface area contributed by atoms with E-state index in [9.17, 15) is 13.2 Å². The van der Waals surface area contributed by atoms with Gasteiger partial charge >= 0.3 is 0 Å². The summed E-state index contributed by atoms with van der Waals surface area (Å²) in [5.41, 5.74) is 1.29. The number of rotatable bonds is 5. The van der Waals surface area contributed by atoms with Crippen molar-refractivity contribution in [2.24, 2.45) is 5.92 Å². The predicted octanol–water partition coefficient (Wildman–Crippen LogP) is 2.82. The van der Waals surface area contributed by atoms with Crippen LogP contribution >= 0.6 is 0 Å². The van der Waals surface area contributed by atoms with Gasteiger partial charge in [-0.3, -0.25) is 9.52 Å². The Morgan fingerprint density at radius 1 is 1.18 bits per heavy atom. The molecule has 122 valence electrons. The Labute approximate surface area is 132 Å². The lowest BCUT2D eigenvalue weighted by molar-refractivity contribution is -0.126. The van der Waals surface area contributed by atoms with Gasteiger partial charge in [0, 0.05) is 5.92 Å². The molecule has 2 rings (SSSR count). The van der Waals surface area contributed by atoms with Crippen molar-refractivity contribution in [3.05, 3.63) is 29.8 Å². The third-order valence-electron chi connectivity index (χ3n) is 4.06. The van der Waals surface area contributed by atoms with Gasteiger partial charge in [0.25, 0.3) is 0 Å². The van der Waals surface area contributed by atoms with Crippen molar-refractivity contribution in [3.63, 3.8) is 0 Å². The fourth-order valence-electron chi connectivity index (χ4n) is 2.94. The summed E-state index contributed by atoms with van der Waals surface area (Å²) in [7, 11) is -3.34. The molecule has 1 aliphatic carbocycles. The number of anilines is 1. The first-order chi connectivity index (χ1) is 10.4. The van der Waals surface area contributed by atoms with Crippen LogP contribution in [0.5, 0.6) is 0 Å². The van der Waals surface area contributed by atoms with Crippen molar-refractivity contribution >= 4 is 21.6 Å². The molecule has 6 heteroatoms. The third kappa shape index (κ3) is 4.73. The molecule has 0 bridgehead atoms. The Kier molecular flexibility index (Phi) is 5.45. The lowest BCUT2D eigenvalue weighted by Crippen LogP contribution is -2.34. The van der Waals surface area contributed by atoms with E-state index in [1.807, 2.05) is 19.1 Å². The number of amides is 1. The van der Waals surface area contributed by atoms with Crippen LogP contribution < -0.4 is 10.0 Å². The second-order valence-electron chi connectivity index (χ2n) is 6.03. The molecule has 0 heterocycles. The first-order valence-corrected chi connectivity index (χ1v) is 9.63. The fourth-order valence-corrected chi connectivity index (χ4v) is 3.53. The highest BCUT2D eigenvalue weighted by atomic mass is 32.2. The monoisotopic (exact) mass is 324 g/mol. The van der Waals surface area contributed by atoms with Crippen molar-refractivity contribution in [3.8, 4) is 0 Å². The van der Waals surface area contributed by atoms with Gasteiger partial charge in [-0.25, -0.2) is 8.42 Å². The van der Waals surface area contributed by atoms with Crippen LogP contribution in [0, 0.1) is 5.92 Å². The summed E-state index contributed by atoms with van der Waals surface area (Å²) >= 11 is 0. The van der Waals surface area contributed by atoms with E-state index < -0.39 is 10.0 Å². The summed E-state index contributed by atoms with van der Waals surface area (Å²) in [6.07, 6.45) is 6.44. The molecule has 2 N–H and O–H groups in total. The first-order valence-electron chi connectivity index (χ1n) is 7.74. The molecule has 1 fully saturated rings. The first kappa shape index (κ1) is 16.8. The predicted molar refractivity (Wildman–Crippen MR) is 88.0 cm³/mol. The number of hydrogen-bond acceptors (Lipinski definition) is 3. The lowest BCUT2D eigenvalue weighted by atomic mass is 9.88. The molecule has 1 aromatic carbocycles. The number of carbonyl (C=O) groups excluding carboxylic acids is 1. The fraction of sp³-hybridized carbons (Fsp3) is 0.562. The van der Waals surface area contributed by atoms with Gasteiger partial charge in [-0.1, -0.05) is 37.5 Å². The number of sulfonamides is 1. The van der Waals surface area contributed by atoms with E-state index in [4.69, 9.17) is 0 Å². The zero-order chi connectivity index (χ0) is 16.2. The summed E-state index contributed by atoms with van der Waals surface area (Å²) in [6, 6.07) is 6.91. The van der Waals surface area contributed by atoms with Crippen LogP contribution in [0.15, 0.2) is 24.3 Å². The standard InChI is InChI=1S/C16H24N2O3S/c1-12(17-16(19)13-8-4-3-5-9-13)14-10-6-7-11-15(14)18-22(2,20)21/h6-7,10-13,18H,3-5,8-9H2,1-2H3,(H,17,19)/t12-/m0/s1. The topological polar surface area (TPSA) is 75.3 Å². The van der Waals surface area contributed by atoms with E-state index in [0.29, 0.717) is 5.69 Å². The SMILES string of the molecule is C[C@H](NC(=O)C1CCCCC1)c1ccccc1NS(C)(=O)=O. The van der Waals surface area contributed by atoms with Crippen LogP contribution in [-0.2, 0) is 14.8 Å². The maximum Gasteiger partial charge on any atom is 0.229 e. The average Bonchev–Trinajstić information content (AvgIpc) is 2.47. The summed E-state index contributed by atoms with van der Waals surface area (Å²) < 4.78 is 25.4. The number of benzene rings is 1. The Morgan fingerprint density at radius 2 is 1.82 bits per heavy atom. The highest BCUT2D eigenvalue weighted by molar-refractivity contribution is 7.92. The van der Waals surface area contributed by atoms with Crippen molar-refractivity contribution in [1.82, 2.24) is 5.32 Å². The summed E-state index contributed by atoms with van der Waals surface area (Å²) in [5, 5.41) is 3.02. The van der Waals surface area contributed by atoms with E-state index in [0.717, 1.165) is 37.5 Å². The molecule has 0 aliphatic heterocycles. The van der Waals surface area contributed by atoms with Crippen molar-refractivity contribution < 1.29 is 13.2 Å². The minimum absolute atomic E-state index is 0.0707. The molecule has 1 atom stereocenters. The molecule has 0 radical (unpaired) electrons. The molecule has 0 unspecified atom stereocenters. The van der Waals surface area contributed by atoms with E-state index in [1.165, 1.54) is 6.42 Å². The van der Waals surface area contributed by atoms with Crippen LogP contribution in [0.2, 0.25) is 0 Å². The molecule has 0 saturated heterocycles. The molecule has 1 saturated carbocycles. The number of carbonyl (C=O) groups is 1. The normalized spacial score (nSPS) is 17.7. The highest BCUT2D eigenvalue weighted by Gasteiger charge is 2.23. The van der Waals surface area contributed by atoms with Gasteiger partial charge in [0.1, 0.15) is 0 Å². The minimum Gasteiger partial charge on any atom is -0.349 e. The number of nitrogens with one attached hydrogen (secondary N) is 2. The maximum absolute atomic E-state index is 12.3. The molecule has 22 heavy (non-hydrogen) atoms. The number of hydrogen-bond donors (Lipinski definition) is 2. The molecule has 0 spiro atoms. The largest absolute Gasteiger partial charge is 0.349 e. The second kappa shape index (κ2) is 7.13. The average molecular weight is 324 g/mol. The van der Waals surface area contributed by atoms with E-state index in [2.05, 4.69) is 10.0 Å². The molecule has 1 aromatic rings. The van der Waals surface area contributed by atoms with Crippen LogP contribution in [0.25, 0.3) is 0 Å². The van der Waals surface area contributed by atoms with Gasteiger partial charge < -0.3 is 5.32 Å². The molecule has 1 aliphatic rings. The van der Waals surface area contributed by atoms with Gasteiger partial charge in [-0.2, -0.15) is 0 Å². The van der Waals surface area contributed by atoms with Crippen molar-refractivity contribution in [2.45, 2.75) is 45.1 Å². The zero-order valence-corrected chi connectivity index (χ0v) is 13.9. The maximum atomic E-state index is 12.3. The Bertz CT molecular complexity index is 622. The van der Waals surface area contributed by atoms with Gasteiger partial charge in [-0.15, -0.1) is 0 Å². The van der Waals surface area contributed by atoms with E-state index >= 15 is 0 Å². The Morgan fingerprint density at radius 3 is 2.45 bits per heavy atom. The van der Waals surface area contributed by atoms with E-state index in [1.54, 1.807) is 12.1 Å². The number of para-hydroxylation sites is 1. The Hall–Kier alpha value is -1.56. The lowest BCUT2D eigenvalue weighted by Gasteiger charge is -2.24. The third-order valence-corrected chi connectivity index (χ3v) is 4.65. The zero-order valence-electron chi connectivity index (χ0n) is 13.1. The molecular weight excluding hydrogens is 300 g/mol. The van der Waals surface area contributed by atoms with Gasteiger partial charge in [0.2, 0.25) is 15.9 Å². The van der Waals surface area contributed by atoms with Crippen molar-refractivity contribution in [1.29, 1.82) is 0 Å². The van der Waals surface area contributed by atoms with Gasteiger partial charge in [0.05, 0.1) is 18.0 Å². The summed E-state index contributed by atoms with van der Waals surface area (Å²) in [6.45, 7) is 1.88. The quantitative estimate of drug-likeness (QED) is 0.874. The van der Waals surface area contributed by atoms with Crippen LogP contribution in [0.3, 0.4) is 0 Å². The van der Waals surface area contributed by atoms with E-state index in [-0.39, 0.29) is 17.9 Å². The van der Waals surface area contributed by atoms with Crippen LogP contribution in [-0.4, -0.2) is 20.6 Å². The highest BCUT2D eigenvalue weighted by Crippen LogP contribution is 2.27.